The van der Waals surface area contributed by atoms with Crippen LogP contribution in [0.1, 0.15) is 0 Å². The number of para-hydroxylation sites is 1. The lowest BCUT2D eigenvalue weighted by atomic mass is 9.96. The summed E-state index contributed by atoms with van der Waals surface area (Å²) in [6, 6.07) is 111. The molecule has 1 heterocycles. The van der Waals surface area contributed by atoms with Gasteiger partial charge in [-0.05, 0) is 145 Å². The van der Waals surface area contributed by atoms with E-state index in [1.165, 1.54) is 80.7 Å². The highest BCUT2D eigenvalue weighted by atomic mass is 32.1. The Balaban J connectivity index is 0.884. The molecule has 14 aromatic rings. The van der Waals surface area contributed by atoms with Gasteiger partial charge in [0, 0.05) is 53.9 Å². The summed E-state index contributed by atoms with van der Waals surface area (Å²) in [5.41, 5.74) is 18.3. The number of benzene rings is 13. The maximum absolute atomic E-state index is 2.44. The number of nitrogens with zero attached hydrogens (tertiary/aromatic N) is 2. The number of hydrogen-bond donors (Lipinski definition) is 0. The highest BCUT2D eigenvalue weighted by Crippen LogP contribution is 2.47. The van der Waals surface area contributed by atoms with E-state index < -0.39 is 0 Å². The molecule has 14 rings (SSSR count). The molecule has 77 heavy (non-hydrogen) atoms. The van der Waals surface area contributed by atoms with Gasteiger partial charge in [-0.25, -0.2) is 0 Å². The summed E-state index contributed by atoms with van der Waals surface area (Å²) in [5, 5.41) is 7.41. The third kappa shape index (κ3) is 8.69. The zero-order valence-electron chi connectivity index (χ0n) is 42.2. The summed E-state index contributed by atoms with van der Waals surface area (Å²) < 4.78 is 2.63. The molecule has 0 bridgehead atoms. The van der Waals surface area contributed by atoms with E-state index in [4.69, 9.17) is 0 Å². The summed E-state index contributed by atoms with van der Waals surface area (Å²) >= 11 is 1.87. The third-order valence-corrected chi connectivity index (χ3v) is 16.2. The van der Waals surface area contributed by atoms with Gasteiger partial charge in [-0.1, -0.05) is 224 Å². The quantitative estimate of drug-likeness (QED) is 0.127. The maximum Gasteiger partial charge on any atom is 0.0540 e. The highest BCUT2D eigenvalue weighted by Gasteiger charge is 2.21. The minimum Gasteiger partial charge on any atom is -0.310 e. The number of hydrogen-bond acceptors (Lipinski definition) is 3. The third-order valence-electron chi connectivity index (χ3n) is 15.0. The molecule has 0 atom stereocenters. The molecule has 0 saturated carbocycles. The first-order valence-electron chi connectivity index (χ1n) is 26.3. The van der Waals surface area contributed by atoms with Crippen LogP contribution >= 0.6 is 11.3 Å². The van der Waals surface area contributed by atoms with Crippen molar-refractivity contribution < 1.29 is 0 Å². The maximum atomic E-state index is 2.44. The number of rotatable bonds is 11. The molecule has 0 aliphatic heterocycles. The Bertz CT molecular complexity index is 4440. The van der Waals surface area contributed by atoms with E-state index in [-0.39, 0.29) is 0 Å². The standard InChI is InChI=1S/C74H50N2S/c1-3-17-51(18-4-1)53-35-37-55(38-36-53)57-23-13-25-63(48-57)75(62-44-41-54(42-45-62)52-19-5-2-6-20-52)70-31-11-9-28-67(70)60-24-14-26-64(50-60)76(71-32-15-22-56-21-7-8-27-66(56)71)65-46-43-58-47-61(40-39-59(58)49-65)68-30-16-34-73-74(68)69-29-10-12-33-72(69)77-73/h1-50H. The van der Waals surface area contributed by atoms with Gasteiger partial charge in [-0.3, -0.25) is 0 Å². The Kier molecular flexibility index (Phi) is 11.8. The Labute approximate surface area is 453 Å². The largest absolute Gasteiger partial charge is 0.310 e. The van der Waals surface area contributed by atoms with Crippen LogP contribution in [0.3, 0.4) is 0 Å². The smallest absolute Gasteiger partial charge is 0.0540 e. The van der Waals surface area contributed by atoms with Crippen molar-refractivity contribution in [3.05, 3.63) is 303 Å². The van der Waals surface area contributed by atoms with E-state index in [1.54, 1.807) is 0 Å². The first-order chi connectivity index (χ1) is 38.2. The molecule has 0 aliphatic carbocycles. The van der Waals surface area contributed by atoms with Gasteiger partial charge in [0.15, 0.2) is 0 Å². The summed E-state index contributed by atoms with van der Waals surface area (Å²) in [6.07, 6.45) is 0. The van der Waals surface area contributed by atoms with Gasteiger partial charge in [0.1, 0.15) is 0 Å². The van der Waals surface area contributed by atoms with Gasteiger partial charge in [0.2, 0.25) is 0 Å². The van der Waals surface area contributed by atoms with Crippen LogP contribution < -0.4 is 9.80 Å². The van der Waals surface area contributed by atoms with Crippen LogP contribution in [0, 0.1) is 0 Å². The number of anilines is 6. The van der Waals surface area contributed by atoms with Crippen LogP contribution in [0.4, 0.5) is 34.1 Å². The summed E-state index contributed by atoms with van der Waals surface area (Å²) in [5.74, 6) is 0. The summed E-state index contributed by atoms with van der Waals surface area (Å²) in [6.45, 7) is 0. The Morgan fingerprint density at radius 2 is 0.662 bits per heavy atom. The van der Waals surface area contributed by atoms with E-state index in [0.717, 1.165) is 50.8 Å². The zero-order valence-corrected chi connectivity index (χ0v) is 43.0. The van der Waals surface area contributed by atoms with Gasteiger partial charge >= 0.3 is 0 Å². The zero-order chi connectivity index (χ0) is 51.1. The fraction of sp³-hybridized carbons (Fsp3) is 0. The van der Waals surface area contributed by atoms with Crippen molar-refractivity contribution in [2.45, 2.75) is 0 Å². The Hall–Kier alpha value is -9.80. The van der Waals surface area contributed by atoms with Crippen LogP contribution in [-0.2, 0) is 0 Å². The molecule has 0 fully saturated rings. The predicted octanol–water partition coefficient (Wildman–Crippen LogP) is 21.6. The van der Waals surface area contributed by atoms with Crippen LogP contribution in [0.15, 0.2) is 303 Å². The van der Waals surface area contributed by atoms with Crippen molar-refractivity contribution in [3.63, 3.8) is 0 Å². The van der Waals surface area contributed by atoms with Gasteiger partial charge in [0.05, 0.1) is 11.4 Å². The number of thiophene rings is 1. The first kappa shape index (κ1) is 45.8. The van der Waals surface area contributed by atoms with E-state index in [2.05, 4.69) is 313 Å². The van der Waals surface area contributed by atoms with Gasteiger partial charge in [-0.15, -0.1) is 11.3 Å². The summed E-state index contributed by atoms with van der Waals surface area (Å²) in [4.78, 5) is 4.85. The van der Waals surface area contributed by atoms with E-state index in [0.29, 0.717) is 0 Å². The first-order valence-corrected chi connectivity index (χ1v) is 27.1. The molecule has 0 amide bonds. The lowest BCUT2D eigenvalue weighted by Gasteiger charge is -2.30. The molecule has 0 unspecified atom stereocenters. The lowest BCUT2D eigenvalue weighted by molar-refractivity contribution is 1.28. The lowest BCUT2D eigenvalue weighted by Crippen LogP contribution is -2.12. The van der Waals surface area contributed by atoms with E-state index in [1.807, 2.05) is 11.3 Å². The molecule has 1 aromatic heterocycles. The summed E-state index contributed by atoms with van der Waals surface area (Å²) in [7, 11) is 0. The van der Waals surface area contributed by atoms with Crippen LogP contribution in [0.5, 0.6) is 0 Å². The second kappa shape index (κ2) is 19.8. The second-order valence-electron chi connectivity index (χ2n) is 19.7. The van der Waals surface area contributed by atoms with Crippen molar-refractivity contribution in [2.75, 3.05) is 9.80 Å². The van der Waals surface area contributed by atoms with Crippen molar-refractivity contribution in [3.8, 4) is 55.6 Å². The molecule has 2 nitrogen and oxygen atoms in total. The number of fused-ring (bicyclic) bond motifs is 5. The molecular weight excluding hydrogens is 949 g/mol. The van der Waals surface area contributed by atoms with Crippen LogP contribution in [0.2, 0.25) is 0 Å². The van der Waals surface area contributed by atoms with Crippen LogP contribution in [-0.4, -0.2) is 0 Å². The van der Waals surface area contributed by atoms with Gasteiger partial charge in [-0.2, -0.15) is 0 Å². The molecule has 362 valence electrons. The monoisotopic (exact) mass is 998 g/mol. The van der Waals surface area contributed by atoms with E-state index >= 15 is 0 Å². The SMILES string of the molecule is c1ccc(-c2ccc(-c3cccc(N(c4ccc(-c5ccccc5)cc4)c4ccccc4-c4cccc(N(c5ccc6cc(-c7cccc8sc9ccccc9c78)ccc6c5)c5cccc6ccccc56)c4)c3)cc2)cc1. The molecule has 0 N–H and O–H groups in total. The minimum atomic E-state index is 1.07. The van der Waals surface area contributed by atoms with Crippen molar-refractivity contribution in [1.82, 2.24) is 0 Å². The van der Waals surface area contributed by atoms with Gasteiger partial charge in [0.25, 0.3) is 0 Å². The Morgan fingerprint density at radius 1 is 0.221 bits per heavy atom. The molecule has 0 saturated heterocycles. The second-order valence-corrected chi connectivity index (χ2v) is 20.8. The Morgan fingerprint density at radius 3 is 1.43 bits per heavy atom. The molecular formula is C74H50N2S. The predicted molar refractivity (Wildman–Crippen MR) is 331 cm³/mol. The van der Waals surface area contributed by atoms with Crippen LogP contribution in [0.25, 0.3) is 97.4 Å². The average molecular weight is 999 g/mol. The molecule has 0 spiro atoms. The fourth-order valence-electron chi connectivity index (χ4n) is 11.3. The minimum absolute atomic E-state index is 1.07. The van der Waals surface area contributed by atoms with Gasteiger partial charge < -0.3 is 9.80 Å². The molecule has 13 aromatic carbocycles. The van der Waals surface area contributed by atoms with E-state index in [9.17, 15) is 0 Å². The molecule has 3 heteroatoms. The van der Waals surface area contributed by atoms with Crippen molar-refractivity contribution >= 4 is 87.2 Å². The average Bonchev–Trinajstić information content (AvgIpc) is 3.94. The molecule has 0 radical (unpaired) electrons. The van der Waals surface area contributed by atoms with Crippen molar-refractivity contribution in [2.24, 2.45) is 0 Å². The fourth-order valence-corrected chi connectivity index (χ4v) is 12.4. The highest BCUT2D eigenvalue weighted by molar-refractivity contribution is 7.25. The normalized spacial score (nSPS) is 11.4. The topological polar surface area (TPSA) is 6.48 Å². The molecule has 0 aliphatic rings. The van der Waals surface area contributed by atoms with Crippen molar-refractivity contribution in [1.29, 1.82) is 0 Å².